The number of benzene rings is 3. The van der Waals surface area contributed by atoms with Gasteiger partial charge in [-0.1, -0.05) is 48.0 Å². The van der Waals surface area contributed by atoms with Crippen LogP contribution in [0.15, 0.2) is 66.7 Å². The zero-order valence-corrected chi connectivity index (χ0v) is 20.2. The van der Waals surface area contributed by atoms with Crippen molar-refractivity contribution in [2.75, 3.05) is 27.3 Å². The van der Waals surface area contributed by atoms with Crippen LogP contribution in [0, 0.1) is 11.7 Å². The molecule has 4 rings (SSSR count). The molecule has 35 heavy (non-hydrogen) atoms. The van der Waals surface area contributed by atoms with Gasteiger partial charge in [-0.3, -0.25) is 9.59 Å². The van der Waals surface area contributed by atoms with Crippen LogP contribution in [-0.2, 0) is 11.3 Å². The second-order valence-electron chi connectivity index (χ2n) is 8.33. The lowest BCUT2D eigenvalue weighted by Crippen LogP contribution is -2.35. The molecule has 0 aliphatic carbocycles. The van der Waals surface area contributed by atoms with E-state index in [-0.39, 0.29) is 36.6 Å². The van der Waals surface area contributed by atoms with Crippen LogP contribution >= 0.6 is 11.6 Å². The van der Waals surface area contributed by atoms with Gasteiger partial charge in [0.1, 0.15) is 5.82 Å². The molecule has 1 saturated heterocycles. The summed E-state index contributed by atoms with van der Waals surface area (Å²) in [7, 11) is 3.10. The first kappa shape index (κ1) is 24.5. The number of para-hydroxylation sites is 1. The topological polar surface area (TPSA) is 67.9 Å². The first-order valence-corrected chi connectivity index (χ1v) is 11.6. The molecule has 8 heteroatoms. The second kappa shape index (κ2) is 10.8. The SMILES string of the molecule is COc1cccc(C2CN(C(=O)c3ccccc3Cl)CC2C(=O)NCc2ccc(F)cc2)c1OC. The number of rotatable bonds is 7. The fourth-order valence-electron chi connectivity index (χ4n) is 4.48. The van der Waals surface area contributed by atoms with Gasteiger partial charge in [-0.25, -0.2) is 4.39 Å². The summed E-state index contributed by atoms with van der Waals surface area (Å²) in [5.41, 5.74) is 1.94. The monoisotopic (exact) mass is 496 g/mol. The largest absolute Gasteiger partial charge is 0.493 e. The van der Waals surface area contributed by atoms with E-state index in [1.54, 1.807) is 61.6 Å². The fourth-order valence-corrected chi connectivity index (χ4v) is 4.70. The van der Waals surface area contributed by atoms with E-state index in [0.29, 0.717) is 28.6 Å². The highest BCUT2D eigenvalue weighted by molar-refractivity contribution is 6.33. The number of ether oxygens (including phenoxy) is 2. The minimum atomic E-state index is -0.539. The summed E-state index contributed by atoms with van der Waals surface area (Å²) in [4.78, 5) is 28.3. The number of halogens is 2. The Morgan fingerprint density at radius 1 is 1.00 bits per heavy atom. The molecule has 0 spiro atoms. The van der Waals surface area contributed by atoms with Gasteiger partial charge in [0.15, 0.2) is 11.5 Å². The Morgan fingerprint density at radius 2 is 1.74 bits per heavy atom. The Bertz CT molecular complexity index is 1220. The molecular formula is C27H26ClFN2O4. The molecule has 0 bridgehead atoms. The van der Waals surface area contributed by atoms with Crippen molar-refractivity contribution >= 4 is 23.4 Å². The highest BCUT2D eigenvalue weighted by Gasteiger charge is 2.42. The molecular weight excluding hydrogens is 471 g/mol. The number of nitrogens with one attached hydrogen (secondary N) is 1. The number of likely N-dealkylation sites (tertiary alicyclic amines) is 1. The molecule has 1 aliphatic heterocycles. The van der Waals surface area contributed by atoms with E-state index >= 15 is 0 Å². The van der Waals surface area contributed by atoms with E-state index in [1.165, 1.54) is 12.1 Å². The van der Waals surface area contributed by atoms with Gasteiger partial charge in [-0.2, -0.15) is 0 Å². The molecule has 182 valence electrons. The molecule has 0 aromatic heterocycles. The minimum Gasteiger partial charge on any atom is -0.493 e. The number of methoxy groups -OCH3 is 2. The lowest BCUT2D eigenvalue weighted by Gasteiger charge is -2.21. The second-order valence-corrected chi connectivity index (χ2v) is 8.74. The summed E-state index contributed by atoms with van der Waals surface area (Å²) in [6, 6.07) is 18.3. The quantitative estimate of drug-likeness (QED) is 0.516. The van der Waals surface area contributed by atoms with Crippen molar-refractivity contribution in [3.05, 3.63) is 94.3 Å². The van der Waals surface area contributed by atoms with Crippen LogP contribution in [0.1, 0.15) is 27.4 Å². The molecule has 0 saturated carbocycles. The predicted molar refractivity (Wildman–Crippen MR) is 131 cm³/mol. The first-order valence-electron chi connectivity index (χ1n) is 11.2. The van der Waals surface area contributed by atoms with Crippen LogP contribution in [0.4, 0.5) is 4.39 Å². The molecule has 2 unspecified atom stereocenters. The summed E-state index contributed by atoms with van der Waals surface area (Å²) < 4.78 is 24.3. The van der Waals surface area contributed by atoms with Crippen LogP contribution in [-0.4, -0.2) is 44.0 Å². The summed E-state index contributed by atoms with van der Waals surface area (Å²) in [6.45, 7) is 0.766. The van der Waals surface area contributed by atoms with E-state index in [2.05, 4.69) is 5.32 Å². The normalized spacial score (nSPS) is 17.2. The molecule has 3 aromatic rings. The van der Waals surface area contributed by atoms with Crippen molar-refractivity contribution in [3.8, 4) is 11.5 Å². The number of amides is 2. The maximum atomic E-state index is 13.4. The van der Waals surface area contributed by atoms with Crippen molar-refractivity contribution in [2.24, 2.45) is 5.92 Å². The zero-order valence-electron chi connectivity index (χ0n) is 19.5. The van der Waals surface area contributed by atoms with Gasteiger partial charge < -0.3 is 19.7 Å². The maximum absolute atomic E-state index is 13.4. The predicted octanol–water partition coefficient (Wildman–Crippen LogP) is 4.67. The number of hydrogen-bond acceptors (Lipinski definition) is 4. The van der Waals surface area contributed by atoms with Crippen LogP contribution in [0.25, 0.3) is 0 Å². The fraction of sp³-hybridized carbons (Fsp3) is 0.259. The van der Waals surface area contributed by atoms with E-state index in [1.807, 2.05) is 12.1 Å². The van der Waals surface area contributed by atoms with Crippen LogP contribution in [0.2, 0.25) is 5.02 Å². The van der Waals surface area contributed by atoms with Crippen molar-refractivity contribution in [1.29, 1.82) is 0 Å². The lowest BCUT2D eigenvalue weighted by atomic mass is 9.87. The lowest BCUT2D eigenvalue weighted by molar-refractivity contribution is -0.125. The molecule has 3 aromatic carbocycles. The minimum absolute atomic E-state index is 0.210. The Morgan fingerprint density at radius 3 is 2.43 bits per heavy atom. The summed E-state index contributed by atoms with van der Waals surface area (Å²) in [6.07, 6.45) is 0. The Balaban J connectivity index is 1.63. The van der Waals surface area contributed by atoms with Gasteiger partial charge in [-0.05, 0) is 35.9 Å². The van der Waals surface area contributed by atoms with Crippen molar-refractivity contribution in [1.82, 2.24) is 10.2 Å². The Kier molecular flexibility index (Phi) is 7.56. The molecule has 2 amide bonds. The van der Waals surface area contributed by atoms with Gasteiger partial charge in [0, 0.05) is 31.1 Å². The molecule has 0 radical (unpaired) electrons. The third-order valence-electron chi connectivity index (χ3n) is 6.26. The summed E-state index contributed by atoms with van der Waals surface area (Å²) in [5, 5.41) is 3.30. The molecule has 1 N–H and O–H groups in total. The highest BCUT2D eigenvalue weighted by Crippen LogP contribution is 2.42. The van der Waals surface area contributed by atoms with Crippen LogP contribution in [0.3, 0.4) is 0 Å². The van der Waals surface area contributed by atoms with E-state index in [9.17, 15) is 14.0 Å². The third-order valence-corrected chi connectivity index (χ3v) is 6.59. The molecule has 1 fully saturated rings. The van der Waals surface area contributed by atoms with Crippen LogP contribution < -0.4 is 14.8 Å². The summed E-state index contributed by atoms with van der Waals surface area (Å²) in [5.74, 6) is -0.581. The standard InChI is InChI=1S/C27H26ClFN2O4/c1-34-24-9-5-7-19(25(24)35-2)21-15-31(27(33)20-6-3-4-8-23(20)28)16-22(21)26(32)30-14-17-10-12-18(29)13-11-17/h3-13,21-22H,14-16H2,1-2H3,(H,30,32). The van der Waals surface area contributed by atoms with Crippen molar-refractivity contribution in [2.45, 2.75) is 12.5 Å². The Labute approximate surface area is 208 Å². The molecule has 6 nitrogen and oxygen atoms in total. The summed E-state index contributed by atoms with van der Waals surface area (Å²) >= 11 is 6.28. The van der Waals surface area contributed by atoms with Gasteiger partial charge in [0.25, 0.3) is 5.91 Å². The van der Waals surface area contributed by atoms with Crippen LogP contribution in [0.5, 0.6) is 11.5 Å². The average Bonchev–Trinajstić information content (AvgIpc) is 3.33. The van der Waals surface area contributed by atoms with Gasteiger partial charge in [-0.15, -0.1) is 0 Å². The highest BCUT2D eigenvalue weighted by atomic mass is 35.5. The Hall–Kier alpha value is -3.58. The average molecular weight is 497 g/mol. The number of carbonyl (C=O) groups excluding carboxylic acids is 2. The third kappa shape index (κ3) is 5.25. The van der Waals surface area contributed by atoms with E-state index in [4.69, 9.17) is 21.1 Å². The smallest absolute Gasteiger partial charge is 0.255 e. The number of carbonyl (C=O) groups is 2. The number of hydrogen-bond donors (Lipinski definition) is 1. The van der Waals surface area contributed by atoms with E-state index < -0.39 is 5.92 Å². The van der Waals surface area contributed by atoms with Gasteiger partial charge in [0.2, 0.25) is 5.91 Å². The first-order chi connectivity index (χ1) is 16.9. The van der Waals surface area contributed by atoms with Crippen molar-refractivity contribution in [3.63, 3.8) is 0 Å². The molecule has 2 atom stereocenters. The maximum Gasteiger partial charge on any atom is 0.255 e. The van der Waals surface area contributed by atoms with Gasteiger partial charge in [0.05, 0.1) is 30.7 Å². The molecule has 1 aliphatic rings. The molecule has 1 heterocycles. The zero-order chi connectivity index (χ0) is 24.9. The van der Waals surface area contributed by atoms with Crippen molar-refractivity contribution < 1.29 is 23.5 Å². The van der Waals surface area contributed by atoms with Gasteiger partial charge >= 0.3 is 0 Å². The number of nitrogens with zero attached hydrogens (tertiary/aromatic N) is 1. The van der Waals surface area contributed by atoms with E-state index in [0.717, 1.165) is 11.1 Å².